The maximum Gasteiger partial charge on any atom is 0.218 e. The summed E-state index contributed by atoms with van der Waals surface area (Å²) in [6, 6.07) is -4.46. The zero-order valence-electron chi connectivity index (χ0n) is 36.1. The first-order valence-electron chi connectivity index (χ1n) is 19.7. The molecule has 2 amide bonds. The average molecular weight is 1130 g/mol. The molecule has 7 N–H and O–H groups in total. The van der Waals surface area contributed by atoms with Crippen LogP contribution in [0.3, 0.4) is 0 Å². The lowest BCUT2D eigenvalue weighted by molar-refractivity contribution is -0.385. The van der Waals surface area contributed by atoms with Gasteiger partial charge >= 0.3 is 0 Å². The molecule has 0 aromatic rings. The van der Waals surface area contributed by atoms with E-state index in [1.165, 1.54) is 0 Å². The predicted molar refractivity (Wildman–Crippen MR) is 201 cm³/mol. The van der Waals surface area contributed by atoms with E-state index in [-0.39, 0.29) is 0 Å². The fraction of sp³-hybridized carbons (Fsp3) is 0.806. The van der Waals surface area contributed by atoms with Crippen LogP contribution in [-0.4, -0.2) is 244 Å². The molecule has 37 nitrogen and oxygen atoms in total. The van der Waals surface area contributed by atoms with E-state index in [4.69, 9.17) is 37.9 Å². The molecule has 416 valence electrons. The van der Waals surface area contributed by atoms with Gasteiger partial charge in [-0.3, -0.25) is 26.3 Å². The minimum atomic E-state index is -6.13. The summed E-state index contributed by atoms with van der Waals surface area (Å²) in [5.41, 5.74) is 0. The summed E-state index contributed by atoms with van der Waals surface area (Å²) in [7, 11) is -23.7. The Bertz CT molecular complexity index is 2390. The van der Waals surface area contributed by atoms with E-state index in [1.807, 2.05) is 5.32 Å². The standard InChI is InChI=1S/C31H48N2O35S4/c1-4-5-57-28-12(32-8(2)34)21(19(67-71(51,52)53)10(60-28)6-58-69(45,46)47)62-31-18(40)16(38)23(25(66-31)27(43)44)64-29-13(33-9(3)35)22(63-30-17(39)14(36)15(37)24(65-30)26(41)42)20(68-72(54,55)56)11(61-29)7-59-70(48,49)50/h4,10-25,28-31,36-40H,1,5-7H2,2-3H3,(H,32,34)(H,33,35)(H,41,42)(H,43,44)(H,45,46,47)(H,48,49,50)(H,51,52,53)(H,54,55,56)/p-6/t10?,11?,12?,13?,14-,15?,16+,17?,18?,19-,20-,21+,22+,23-,24?,25?,28+,29-,30+,31+/m0/s1. The SMILES string of the molecule is C=CCO[C@@H]1OC(COS(=O)(=O)[O-])[C@H](OS(=O)(=O)[O-])[C@H](O[C@@H]2OC(C(=O)[O-])[C@@H](O[C@@H]3OC(COS(=O)(=O)[O-])[C@H](OS(=O)(=O)[O-])[C@H](O[C@@H]4OC(C(=O)[O-])C(O)[C@H](O)C4O)C3NC(C)=O)[C@H](O)C2O)C1NC(C)=O. The lowest BCUT2D eigenvalue weighted by Gasteiger charge is -2.51. The lowest BCUT2D eigenvalue weighted by atomic mass is 9.94. The fourth-order valence-electron chi connectivity index (χ4n) is 7.31. The second kappa shape index (κ2) is 24.5. The number of aliphatic carboxylic acids is 2. The van der Waals surface area contributed by atoms with Crippen molar-refractivity contribution in [3.63, 3.8) is 0 Å². The van der Waals surface area contributed by atoms with Gasteiger partial charge in [0.05, 0.1) is 31.8 Å². The van der Waals surface area contributed by atoms with Gasteiger partial charge in [0.25, 0.3) is 0 Å². The number of aliphatic hydroxyl groups excluding tert-OH is 5. The second-order valence-electron chi connectivity index (χ2n) is 15.2. The van der Waals surface area contributed by atoms with Gasteiger partial charge in [-0.2, -0.15) is 0 Å². The predicted octanol–water partition coefficient (Wildman–Crippen LogP) is -12.8. The summed E-state index contributed by atoms with van der Waals surface area (Å²) in [6.45, 7) is 1.09. The quantitative estimate of drug-likeness (QED) is 0.0284. The number of nitrogens with one attached hydrogen (secondary N) is 2. The molecule has 4 aliphatic heterocycles. The first-order chi connectivity index (χ1) is 33.0. The van der Waals surface area contributed by atoms with Gasteiger partial charge in [0.15, 0.2) is 25.2 Å². The van der Waals surface area contributed by atoms with Gasteiger partial charge in [0.1, 0.15) is 97.5 Å². The number of carbonyl (C=O) groups excluding carboxylic acids is 4. The van der Waals surface area contributed by atoms with Crippen LogP contribution in [0.5, 0.6) is 0 Å². The Kier molecular flexibility index (Phi) is 20.8. The second-order valence-corrected chi connectivity index (χ2v) is 19.3. The number of hydrogen-bond acceptors (Lipinski definition) is 35. The van der Waals surface area contributed by atoms with Crippen molar-refractivity contribution in [2.45, 2.75) is 137 Å². The van der Waals surface area contributed by atoms with Crippen molar-refractivity contribution >= 4 is 65.3 Å². The third-order valence-electron chi connectivity index (χ3n) is 10.1. The van der Waals surface area contributed by atoms with E-state index in [1.54, 1.807) is 0 Å². The molecule has 72 heavy (non-hydrogen) atoms. The molecule has 0 spiro atoms. The monoisotopic (exact) mass is 1130 g/mol. The van der Waals surface area contributed by atoms with Gasteiger partial charge in [0.2, 0.25) is 53.4 Å². The van der Waals surface area contributed by atoms with Crippen LogP contribution in [-0.2, 0) is 115 Å². The summed E-state index contributed by atoms with van der Waals surface area (Å²) >= 11 is 0. The zero-order valence-corrected chi connectivity index (χ0v) is 39.3. The van der Waals surface area contributed by atoms with Crippen molar-refractivity contribution in [1.29, 1.82) is 0 Å². The van der Waals surface area contributed by atoms with Crippen LogP contribution in [0.2, 0.25) is 0 Å². The Hall–Kier alpha value is -3.42. The molecule has 0 aliphatic carbocycles. The summed E-state index contributed by atoms with van der Waals surface area (Å²) in [6.07, 6.45) is -45.9. The van der Waals surface area contributed by atoms with Gasteiger partial charge in [-0.15, -0.1) is 6.58 Å². The molecule has 4 fully saturated rings. The maximum atomic E-state index is 12.8. The Labute approximate surface area is 405 Å². The van der Waals surface area contributed by atoms with Gasteiger partial charge in [-0.25, -0.2) is 33.7 Å². The van der Waals surface area contributed by atoms with Crippen LogP contribution in [0.1, 0.15) is 13.8 Å². The summed E-state index contributed by atoms with van der Waals surface area (Å²) < 4.78 is 201. The van der Waals surface area contributed by atoms with Gasteiger partial charge in [-0.05, 0) is 0 Å². The highest BCUT2D eigenvalue weighted by Gasteiger charge is 2.58. The van der Waals surface area contributed by atoms with E-state index in [0.29, 0.717) is 6.92 Å². The first kappa shape index (κ1) is 61.1. The largest absolute Gasteiger partial charge is 0.726 e. The molecule has 0 aromatic heterocycles. The highest BCUT2D eigenvalue weighted by atomic mass is 32.3. The highest BCUT2D eigenvalue weighted by molar-refractivity contribution is 7.81. The maximum absolute atomic E-state index is 12.8. The van der Waals surface area contributed by atoms with Crippen LogP contribution in [0.25, 0.3) is 0 Å². The van der Waals surface area contributed by atoms with Crippen molar-refractivity contribution < 1.29 is 161 Å². The molecular weight excluding hydrogens is 1090 g/mol. The number of hydrogen-bond donors (Lipinski definition) is 7. The molecule has 4 aliphatic rings. The molecule has 0 bridgehead atoms. The smallest absolute Gasteiger partial charge is 0.218 e. The number of amides is 2. The number of aliphatic hydroxyl groups is 5. The van der Waals surface area contributed by atoms with Crippen molar-refractivity contribution in [3.8, 4) is 0 Å². The zero-order chi connectivity index (χ0) is 54.6. The van der Waals surface area contributed by atoms with E-state index in [0.717, 1.165) is 13.0 Å². The Morgan fingerprint density at radius 2 is 0.917 bits per heavy atom. The number of ether oxygens (including phenoxy) is 8. The lowest BCUT2D eigenvalue weighted by Crippen LogP contribution is -2.72. The van der Waals surface area contributed by atoms with Gasteiger partial charge in [-0.1, -0.05) is 6.08 Å². The van der Waals surface area contributed by atoms with Crippen molar-refractivity contribution in [2.24, 2.45) is 0 Å². The minimum Gasteiger partial charge on any atom is -0.726 e. The Morgan fingerprint density at radius 1 is 0.528 bits per heavy atom. The van der Waals surface area contributed by atoms with E-state index in [2.05, 4.69) is 28.6 Å². The number of rotatable bonds is 23. The van der Waals surface area contributed by atoms with Crippen molar-refractivity contribution in [2.75, 3.05) is 19.8 Å². The van der Waals surface area contributed by atoms with Crippen LogP contribution in [0, 0.1) is 0 Å². The highest BCUT2D eigenvalue weighted by Crippen LogP contribution is 2.37. The van der Waals surface area contributed by atoms with Gasteiger partial charge < -0.3 is 112 Å². The molecule has 4 rings (SSSR count). The molecule has 0 radical (unpaired) electrons. The summed E-state index contributed by atoms with van der Waals surface area (Å²) in [5, 5.41) is 82.8. The molecule has 41 heteroatoms. The fourth-order valence-corrected chi connectivity index (χ4v) is 8.92. The molecule has 0 aromatic carbocycles. The molecule has 4 heterocycles. The molecular formula is C31H42N2O35S4-6. The summed E-state index contributed by atoms with van der Waals surface area (Å²) in [5.74, 6) is -7.08. The molecule has 4 saturated heterocycles. The first-order valence-corrected chi connectivity index (χ1v) is 25.0. The Morgan fingerprint density at radius 3 is 1.31 bits per heavy atom. The van der Waals surface area contributed by atoms with Crippen LogP contribution < -0.4 is 20.8 Å². The van der Waals surface area contributed by atoms with E-state index in [9.17, 15) is 107 Å². The van der Waals surface area contributed by atoms with E-state index < -0.39 is 208 Å². The number of carbonyl (C=O) groups is 4. The number of carboxylic acids is 2. The third kappa shape index (κ3) is 16.8. The minimum absolute atomic E-state index is 0.521. The number of carboxylic acid groups (broad SMARTS) is 2. The van der Waals surface area contributed by atoms with Crippen molar-refractivity contribution in [1.82, 2.24) is 10.6 Å². The summed E-state index contributed by atoms with van der Waals surface area (Å²) in [4.78, 5) is 49.6. The van der Waals surface area contributed by atoms with E-state index >= 15 is 0 Å². The van der Waals surface area contributed by atoms with Crippen LogP contribution in [0.15, 0.2) is 12.7 Å². The third-order valence-corrected chi connectivity index (χ3v) is 11.8. The van der Waals surface area contributed by atoms with Crippen molar-refractivity contribution in [3.05, 3.63) is 12.7 Å². The van der Waals surface area contributed by atoms with Crippen LogP contribution >= 0.6 is 0 Å². The van der Waals surface area contributed by atoms with Gasteiger partial charge in [0, 0.05) is 13.8 Å². The topological polar surface area (TPSA) is 579 Å². The normalized spacial score (nSPS) is 38.0. The molecule has 20 atom stereocenters. The average Bonchev–Trinajstić information content (AvgIpc) is 3.22. The molecule has 9 unspecified atom stereocenters. The van der Waals surface area contributed by atoms with Crippen LogP contribution in [0.4, 0.5) is 0 Å². The molecule has 0 saturated carbocycles. The Balaban J connectivity index is 1.83.